The first-order chi connectivity index (χ1) is 9.67. The Morgan fingerprint density at radius 3 is 2.75 bits per heavy atom. The Kier molecular flexibility index (Phi) is 3.17. The van der Waals surface area contributed by atoms with E-state index in [1.165, 1.54) is 6.07 Å². The van der Waals surface area contributed by atoms with Gasteiger partial charge in [-0.25, -0.2) is 4.39 Å². The molecule has 0 amide bonds. The smallest absolute Gasteiger partial charge is 0.141 e. The number of nitriles is 1. The zero-order chi connectivity index (χ0) is 14.1. The van der Waals surface area contributed by atoms with E-state index >= 15 is 0 Å². The third kappa shape index (κ3) is 2.26. The number of hydrogen-bond donors (Lipinski definition) is 0. The SMILES string of the molecule is N#Cc1ccc2ccn(Cc3ccc(F)c(Cl)c3)c2c1. The summed E-state index contributed by atoms with van der Waals surface area (Å²) in [4.78, 5) is 0. The molecule has 0 spiro atoms. The molecule has 0 aliphatic heterocycles. The molecule has 0 fully saturated rings. The lowest BCUT2D eigenvalue weighted by molar-refractivity contribution is 0.627. The number of benzene rings is 2. The van der Waals surface area contributed by atoms with E-state index in [1.54, 1.807) is 18.2 Å². The third-order valence-corrected chi connectivity index (χ3v) is 3.53. The monoisotopic (exact) mass is 284 g/mol. The van der Waals surface area contributed by atoms with Gasteiger partial charge in [0.15, 0.2) is 0 Å². The Morgan fingerprint density at radius 1 is 1.15 bits per heavy atom. The van der Waals surface area contributed by atoms with Crippen LogP contribution in [-0.2, 0) is 6.54 Å². The predicted molar refractivity (Wildman–Crippen MR) is 77.2 cm³/mol. The van der Waals surface area contributed by atoms with E-state index in [1.807, 2.05) is 29.0 Å². The van der Waals surface area contributed by atoms with Crippen LogP contribution >= 0.6 is 11.6 Å². The maximum Gasteiger partial charge on any atom is 0.141 e. The summed E-state index contributed by atoms with van der Waals surface area (Å²) in [5.74, 6) is -0.417. The first-order valence-electron chi connectivity index (χ1n) is 6.10. The molecule has 1 heterocycles. The Morgan fingerprint density at radius 2 is 2.00 bits per heavy atom. The van der Waals surface area contributed by atoms with E-state index in [0.717, 1.165) is 16.5 Å². The molecule has 0 N–H and O–H groups in total. The highest BCUT2D eigenvalue weighted by Gasteiger charge is 2.05. The zero-order valence-corrected chi connectivity index (χ0v) is 11.2. The fourth-order valence-electron chi connectivity index (χ4n) is 2.23. The zero-order valence-electron chi connectivity index (χ0n) is 10.5. The van der Waals surface area contributed by atoms with Crippen molar-refractivity contribution in [1.82, 2.24) is 4.57 Å². The summed E-state index contributed by atoms with van der Waals surface area (Å²) in [6.45, 7) is 0.582. The second-order valence-corrected chi connectivity index (χ2v) is 4.98. The Hall–Kier alpha value is -2.31. The Labute approximate surface area is 120 Å². The number of nitrogens with zero attached hydrogens (tertiary/aromatic N) is 2. The Balaban J connectivity index is 2.02. The van der Waals surface area contributed by atoms with Crippen LogP contribution in [0.1, 0.15) is 11.1 Å². The molecule has 0 bridgehead atoms. The van der Waals surface area contributed by atoms with Gasteiger partial charge in [-0.2, -0.15) is 5.26 Å². The summed E-state index contributed by atoms with van der Waals surface area (Å²) in [6, 6.07) is 14.4. The van der Waals surface area contributed by atoms with Gasteiger partial charge in [0.1, 0.15) is 5.82 Å². The van der Waals surface area contributed by atoms with Gasteiger partial charge in [0.2, 0.25) is 0 Å². The van der Waals surface area contributed by atoms with E-state index < -0.39 is 5.82 Å². The molecule has 4 heteroatoms. The minimum absolute atomic E-state index is 0.122. The summed E-state index contributed by atoms with van der Waals surface area (Å²) in [6.07, 6.45) is 1.95. The Bertz CT molecular complexity index is 830. The summed E-state index contributed by atoms with van der Waals surface area (Å²) < 4.78 is 15.2. The van der Waals surface area contributed by atoms with E-state index in [9.17, 15) is 4.39 Å². The van der Waals surface area contributed by atoms with Crippen molar-refractivity contribution < 1.29 is 4.39 Å². The minimum Gasteiger partial charge on any atom is -0.343 e. The van der Waals surface area contributed by atoms with Gasteiger partial charge in [-0.1, -0.05) is 23.7 Å². The van der Waals surface area contributed by atoms with Crippen LogP contribution in [-0.4, -0.2) is 4.57 Å². The molecule has 0 saturated carbocycles. The molecular weight excluding hydrogens is 275 g/mol. The van der Waals surface area contributed by atoms with E-state index in [4.69, 9.17) is 16.9 Å². The van der Waals surface area contributed by atoms with Gasteiger partial charge in [-0.15, -0.1) is 0 Å². The molecule has 2 nitrogen and oxygen atoms in total. The second kappa shape index (κ2) is 4.99. The summed E-state index contributed by atoms with van der Waals surface area (Å²) in [7, 11) is 0. The van der Waals surface area contributed by atoms with Crippen LogP contribution in [0.2, 0.25) is 5.02 Å². The molecule has 0 aliphatic rings. The van der Waals surface area contributed by atoms with Crippen molar-refractivity contribution in [2.75, 3.05) is 0 Å². The number of rotatable bonds is 2. The lowest BCUT2D eigenvalue weighted by atomic mass is 10.2. The molecule has 3 rings (SSSR count). The van der Waals surface area contributed by atoms with Gasteiger partial charge in [-0.3, -0.25) is 0 Å². The van der Waals surface area contributed by atoms with Gasteiger partial charge >= 0.3 is 0 Å². The average molecular weight is 285 g/mol. The summed E-state index contributed by atoms with van der Waals surface area (Å²) in [5, 5.41) is 10.2. The van der Waals surface area contributed by atoms with Crippen molar-refractivity contribution in [2.45, 2.75) is 6.54 Å². The summed E-state index contributed by atoms with van der Waals surface area (Å²) in [5.41, 5.74) is 2.51. The molecular formula is C16H10ClFN2. The molecule has 98 valence electrons. The first kappa shape index (κ1) is 12.7. The fraction of sp³-hybridized carbons (Fsp3) is 0.0625. The topological polar surface area (TPSA) is 28.7 Å². The molecule has 0 atom stereocenters. The predicted octanol–water partition coefficient (Wildman–Crippen LogP) is 4.35. The standard InChI is InChI=1S/C16H10ClFN2/c17-14-7-12(2-4-15(14)18)10-20-6-5-13-3-1-11(9-19)8-16(13)20/h1-8H,10H2. The molecule has 0 radical (unpaired) electrons. The average Bonchev–Trinajstić information content (AvgIpc) is 2.85. The van der Waals surface area contributed by atoms with E-state index in [0.29, 0.717) is 12.1 Å². The molecule has 2 aromatic carbocycles. The number of aromatic nitrogens is 1. The van der Waals surface area contributed by atoms with Crippen molar-refractivity contribution in [3.63, 3.8) is 0 Å². The van der Waals surface area contributed by atoms with Gasteiger partial charge in [0.05, 0.1) is 16.7 Å². The molecule has 20 heavy (non-hydrogen) atoms. The lowest BCUT2D eigenvalue weighted by Gasteiger charge is -2.07. The molecule has 3 aromatic rings. The first-order valence-corrected chi connectivity index (χ1v) is 6.48. The normalized spacial score (nSPS) is 10.7. The third-order valence-electron chi connectivity index (χ3n) is 3.24. The van der Waals surface area contributed by atoms with Crippen molar-refractivity contribution in [3.8, 4) is 6.07 Å². The van der Waals surface area contributed by atoms with Crippen LogP contribution in [0.15, 0.2) is 48.7 Å². The number of hydrogen-bond acceptors (Lipinski definition) is 1. The van der Waals surface area contributed by atoms with Crippen LogP contribution in [0.5, 0.6) is 0 Å². The maximum atomic E-state index is 13.2. The highest BCUT2D eigenvalue weighted by molar-refractivity contribution is 6.30. The number of fused-ring (bicyclic) bond motifs is 1. The molecule has 0 saturated heterocycles. The van der Waals surface area contributed by atoms with Gasteiger partial charge in [0.25, 0.3) is 0 Å². The van der Waals surface area contributed by atoms with Crippen LogP contribution in [0, 0.1) is 17.1 Å². The van der Waals surface area contributed by atoms with Crippen LogP contribution < -0.4 is 0 Å². The highest BCUT2D eigenvalue weighted by atomic mass is 35.5. The van der Waals surface area contributed by atoms with Crippen molar-refractivity contribution in [2.24, 2.45) is 0 Å². The van der Waals surface area contributed by atoms with E-state index in [2.05, 4.69) is 6.07 Å². The van der Waals surface area contributed by atoms with Crippen LogP contribution in [0.4, 0.5) is 4.39 Å². The lowest BCUT2D eigenvalue weighted by Crippen LogP contribution is -1.98. The largest absolute Gasteiger partial charge is 0.343 e. The van der Waals surface area contributed by atoms with Crippen LogP contribution in [0.3, 0.4) is 0 Å². The van der Waals surface area contributed by atoms with Crippen LogP contribution in [0.25, 0.3) is 10.9 Å². The van der Waals surface area contributed by atoms with Gasteiger partial charge in [0, 0.05) is 18.3 Å². The number of halogens is 2. The second-order valence-electron chi connectivity index (χ2n) is 4.58. The fourth-order valence-corrected chi connectivity index (χ4v) is 2.43. The highest BCUT2D eigenvalue weighted by Crippen LogP contribution is 2.21. The maximum absolute atomic E-state index is 13.2. The molecule has 0 aliphatic carbocycles. The van der Waals surface area contributed by atoms with Crippen molar-refractivity contribution in [1.29, 1.82) is 5.26 Å². The van der Waals surface area contributed by atoms with Crippen molar-refractivity contribution in [3.05, 3.63) is 70.6 Å². The van der Waals surface area contributed by atoms with Gasteiger partial charge < -0.3 is 4.57 Å². The minimum atomic E-state index is -0.417. The summed E-state index contributed by atoms with van der Waals surface area (Å²) >= 11 is 5.79. The van der Waals surface area contributed by atoms with E-state index in [-0.39, 0.29) is 5.02 Å². The van der Waals surface area contributed by atoms with Crippen molar-refractivity contribution >= 4 is 22.5 Å². The molecule has 0 unspecified atom stereocenters. The molecule has 1 aromatic heterocycles. The quantitative estimate of drug-likeness (QED) is 0.687. The van der Waals surface area contributed by atoms with Gasteiger partial charge in [-0.05, 0) is 41.3 Å².